The Morgan fingerprint density at radius 3 is 2.53 bits per heavy atom. The molecule has 0 radical (unpaired) electrons. The summed E-state index contributed by atoms with van der Waals surface area (Å²) >= 11 is 0. The minimum absolute atomic E-state index is 0.0391. The summed E-state index contributed by atoms with van der Waals surface area (Å²) in [6.45, 7) is 2.56. The lowest BCUT2D eigenvalue weighted by atomic mass is 10.1. The van der Waals surface area contributed by atoms with Gasteiger partial charge in [-0.2, -0.15) is 0 Å². The summed E-state index contributed by atoms with van der Waals surface area (Å²) in [4.78, 5) is 13.6. The summed E-state index contributed by atoms with van der Waals surface area (Å²) in [7, 11) is 6.79. The molecule has 0 aromatic heterocycles. The van der Waals surface area contributed by atoms with Gasteiger partial charge in [0.25, 0.3) is 0 Å². The van der Waals surface area contributed by atoms with Crippen molar-refractivity contribution in [2.45, 2.75) is 13.3 Å². The molecule has 0 saturated carbocycles. The molecule has 1 amide bonds. The monoisotopic (exact) mass is 266 g/mol. The van der Waals surface area contributed by atoms with Crippen molar-refractivity contribution in [3.8, 4) is 11.5 Å². The van der Waals surface area contributed by atoms with Crippen molar-refractivity contribution in [2.24, 2.45) is 0 Å². The fourth-order valence-electron chi connectivity index (χ4n) is 1.94. The summed E-state index contributed by atoms with van der Waals surface area (Å²) in [5.41, 5.74) is 1.64. The van der Waals surface area contributed by atoms with Crippen LogP contribution in [0.3, 0.4) is 0 Å². The van der Waals surface area contributed by atoms with Crippen molar-refractivity contribution < 1.29 is 14.3 Å². The molecule has 0 heterocycles. The van der Waals surface area contributed by atoms with Crippen LogP contribution in [-0.4, -0.2) is 40.8 Å². The molecule has 5 heteroatoms. The summed E-state index contributed by atoms with van der Waals surface area (Å²) < 4.78 is 10.7. The van der Waals surface area contributed by atoms with Crippen molar-refractivity contribution in [3.05, 3.63) is 17.7 Å². The first-order valence-corrected chi connectivity index (χ1v) is 6.19. The molecule has 0 aliphatic heterocycles. The van der Waals surface area contributed by atoms with Gasteiger partial charge >= 0.3 is 0 Å². The van der Waals surface area contributed by atoms with Crippen LogP contribution in [0, 0.1) is 6.92 Å². The Balaban J connectivity index is 3.06. The number of carbonyl (C=O) groups excluding carboxylic acids is 1. The topological polar surface area (TPSA) is 50.8 Å². The average Bonchev–Trinajstić information content (AvgIpc) is 2.43. The van der Waals surface area contributed by atoms with Crippen molar-refractivity contribution in [3.63, 3.8) is 0 Å². The second-order valence-corrected chi connectivity index (χ2v) is 4.25. The number of hydrogen-bond acceptors (Lipinski definition) is 4. The Morgan fingerprint density at radius 1 is 1.32 bits per heavy atom. The average molecular weight is 266 g/mol. The Kier molecular flexibility index (Phi) is 5.63. The number of carbonyl (C=O) groups is 1. The number of methoxy groups -OCH3 is 2. The molecule has 106 valence electrons. The Morgan fingerprint density at radius 2 is 2.00 bits per heavy atom. The van der Waals surface area contributed by atoms with Gasteiger partial charge in [0.1, 0.15) is 11.5 Å². The van der Waals surface area contributed by atoms with Gasteiger partial charge in [0.15, 0.2) is 0 Å². The van der Waals surface area contributed by atoms with Crippen molar-refractivity contribution in [2.75, 3.05) is 39.8 Å². The van der Waals surface area contributed by atoms with Crippen LogP contribution in [0.15, 0.2) is 12.1 Å². The lowest BCUT2D eigenvalue weighted by Gasteiger charge is -2.22. The highest BCUT2D eigenvalue weighted by atomic mass is 16.5. The van der Waals surface area contributed by atoms with Gasteiger partial charge in [-0.3, -0.25) is 4.79 Å². The molecule has 0 unspecified atom stereocenters. The van der Waals surface area contributed by atoms with Gasteiger partial charge in [-0.15, -0.1) is 0 Å². The first-order valence-electron chi connectivity index (χ1n) is 6.19. The number of benzene rings is 1. The number of anilines is 1. The zero-order valence-electron chi connectivity index (χ0n) is 12.2. The third kappa shape index (κ3) is 3.38. The van der Waals surface area contributed by atoms with Gasteiger partial charge < -0.3 is 19.7 Å². The van der Waals surface area contributed by atoms with E-state index in [-0.39, 0.29) is 5.91 Å². The maximum absolute atomic E-state index is 12.0. The summed E-state index contributed by atoms with van der Waals surface area (Å²) in [5, 5.41) is 2.96. The lowest BCUT2D eigenvalue weighted by Crippen LogP contribution is -2.29. The lowest BCUT2D eigenvalue weighted by molar-refractivity contribution is -0.118. The van der Waals surface area contributed by atoms with Gasteiger partial charge in [0.2, 0.25) is 5.91 Å². The Labute approximate surface area is 114 Å². The Hall–Kier alpha value is -1.75. The van der Waals surface area contributed by atoms with Crippen molar-refractivity contribution in [1.82, 2.24) is 5.32 Å². The molecule has 0 saturated heterocycles. The SMILES string of the molecule is CNCCC(=O)N(C)c1ccc(OC)c(C)c1OC. The van der Waals surface area contributed by atoms with Crippen LogP contribution in [0.5, 0.6) is 11.5 Å². The first-order chi connectivity index (χ1) is 9.06. The van der Waals surface area contributed by atoms with E-state index in [4.69, 9.17) is 9.47 Å². The second kappa shape index (κ2) is 6.99. The molecule has 1 aromatic rings. The highest BCUT2D eigenvalue weighted by Crippen LogP contribution is 2.36. The van der Waals surface area contributed by atoms with E-state index in [0.29, 0.717) is 18.7 Å². The molecule has 1 rings (SSSR count). The molecule has 0 aliphatic rings. The van der Waals surface area contributed by atoms with Gasteiger partial charge in [-0.05, 0) is 26.1 Å². The molecule has 0 spiro atoms. The minimum Gasteiger partial charge on any atom is -0.496 e. The standard InChI is InChI=1S/C14H22N2O3/c1-10-12(18-4)7-6-11(14(10)19-5)16(3)13(17)8-9-15-2/h6-7,15H,8-9H2,1-5H3. The number of nitrogens with one attached hydrogen (secondary N) is 1. The second-order valence-electron chi connectivity index (χ2n) is 4.25. The van der Waals surface area contributed by atoms with E-state index < -0.39 is 0 Å². The van der Waals surface area contributed by atoms with Gasteiger partial charge in [-0.1, -0.05) is 0 Å². The highest BCUT2D eigenvalue weighted by molar-refractivity contribution is 5.95. The fraction of sp³-hybridized carbons (Fsp3) is 0.500. The predicted molar refractivity (Wildman–Crippen MR) is 76.2 cm³/mol. The number of amides is 1. The van der Waals surface area contributed by atoms with Crippen LogP contribution in [-0.2, 0) is 4.79 Å². The molecule has 19 heavy (non-hydrogen) atoms. The van der Waals surface area contributed by atoms with Crippen LogP contribution in [0.4, 0.5) is 5.69 Å². The van der Waals surface area contributed by atoms with Crippen LogP contribution in [0.1, 0.15) is 12.0 Å². The van der Waals surface area contributed by atoms with Crippen molar-refractivity contribution in [1.29, 1.82) is 0 Å². The largest absolute Gasteiger partial charge is 0.496 e. The number of ether oxygens (including phenoxy) is 2. The van der Waals surface area contributed by atoms with Crippen LogP contribution < -0.4 is 19.7 Å². The quantitative estimate of drug-likeness (QED) is 0.849. The van der Waals surface area contributed by atoms with Crippen LogP contribution >= 0.6 is 0 Å². The third-order valence-corrected chi connectivity index (χ3v) is 3.08. The molecule has 1 aromatic carbocycles. The van der Waals surface area contributed by atoms with Crippen LogP contribution in [0.2, 0.25) is 0 Å². The smallest absolute Gasteiger partial charge is 0.228 e. The molecule has 0 atom stereocenters. The molecular formula is C14H22N2O3. The van der Waals surface area contributed by atoms with E-state index in [0.717, 1.165) is 17.0 Å². The molecule has 1 N–H and O–H groups in total. The maximum atomic E-state index is 12.0. The van der Waals surface area contributed by atoms with E-state index in [9.17, 15) is 4.79 Å². The number of rotatable bonds is 6. The molecule has 5 nitrogen and oxygen atoms in total. The Bertz CT molecular complexity index is 447. The van der Waals surface area contributed by atoms with Gasteiger partial charge in [0.05, 0.1) is 19.9 Å². The predicted octanol–water partition coefficient (Wildman–Crippen LogP) is 1.58. The van der Waals surface area contributed by atoms with Gasteiger partial charge in [0, 0.05) is 25.6 Å². The van der Waals surface area contributed by atoms with E-state index in [2.05, 4.69) is 5.32 Å². The highest BCUT2D eigenvalue weighted by Gasteiger charge is 2.18. The molecule has 0 aliphatic carbocycles. The third-order valence-electron chi connectivity index (χ3n) is 3.08. The maximum Gasteiger partial charge on any atom is 0.228 e. The molecule has 0 fully saturated rings. The summed E-state index contributed by atoms with van der Waals surface area (Å²) in [5.74, 6) is 1.45. The van der Waals surface area contributed by atoms with Crippen LogP contribution in [0.25, 0.3) is 0 Å². The molecule has 0 bridgehead atoms. The van der Waals surface area contributed by atoms with Crippen molar-refractivity contribution >= 4 is 11.6 Å². The van der Waals surface area contributed by atoms with E-state index in [1.807, 2.05) is 26.1 Å². The van der Waals surface area contributed by atoms with Gasteiger partial charge in [-0.25, -0.2) is 0 Å². The number of hydrogen-bond donors (Lipinski definition) is 1. The zero-order valence-corrected chi connectivity index (χ0v) is 12.2. The summed E-state index contributed by atoms with van der Waals surface area (Å²) in [6.07, 6.45) is 0.446. The zero-order chi connectivity index (χ0) is 14.4. The van der Waals surface area contributed by atoms with E-state index in [1.54, 1.807) is 26.2 Å². The summed E-state index contributed by atoms with van der Waals surface area (Å²) in [6, 6.07) is 3.68. The molecular weight excluding hydrogens is 244 g/mol. The first kappa shape index (κ1) is 15.3. The van der Waals surface area contributed by atoms with E-state index >= 15 is 0 Å². The minimum atomic E-state index is 0.0391. The normalized spacial score (nSPS) is 10.2. The number of nitrogens with zero attached hydrogens (tertiary/aromatic N) is 1. The fourth-order valence-corrected chi connectivity index (χ4v) is 1.94. The van der Waals surface area contributed by atoms with E-state index in [1.165, 1.54) is 0 Å².